The molecule has 0 aliphatic carbocycles. The van der Waals surface area contributed by atoms with Crippen LogP contribution in [0.5, 0.6) is 11.5 Å². The normalized spacial score (nSPS) is 11.3. The molecule has 130 valence electrons. The molecule has 1 rings (SSSR count). The van der Waals surface area contributed by atoms with Gasteiger partial charge in [-0.15, -0.1) is 0 Å². The second-order valence-corrected chi connectivity index (χ2v) is 5.42. The number of hydrogen-bond acceptors (Lipinski definition) is 3. The van der Waals surface area contributed by atoms with Gasteiger partial charge in [-0.3, -0.25) is 0 Å². The van der Waals surface area contributed by atoms with Crippen LogP contribution in [0.2, 0.25) is 5.02 Å². The lowest BCUT2D eigenvalue weighted by Gasteiger charge is -2.13. The van der Waals surface area contributed by atoms with Gasteiger partial charge >= 0.3 is 0 Å². The zero-order valence-corrected chi connectivity index (χ0v) is 15.3. The number of unbranched alkanes of at least 4 members (excludes halogenated alkanes) is 1. The van der Waals surface area contributed by atoms with Crippen LogP contribution in [0.4, 0.5) is 0 Å². The first-order valence-corrected chi connectivity index (χ1v) is 8.55. The molecule has 1 aromatic rings. The summed E-state index contributed by atoms with van der Waals surface area (Å²) in [6.07, 6.45) is 2.27. The van der Waals surface area contributed by atoms with E-state index in [1.807, 2.05) is 26.0 Å². The van der Waals surface area contributed by atoms with E-state index in [4.69, 9.17) is 21.1 Å². The molecule has 0 radical (unpaired) electrons. The third-order valence-electron chi connectivity index (χ3n) is 3.16. The van der Waals surface area contributed by atoms with Crippen molar-refractivity contribution in [1.29, 1.82) is 0 Å². The Hall–Kier alpha value is -1.62. The van der Waals surface area contributed by atoms with Gasteiger partial charge in [0.2, 0.25) is 0 Å². The van der Waals surface area contributed by atoms with Gasteiger partial charge in [-0.25, -0.2) is 4.99 Å². The number of hydrogen-bond donors (Lipinski definition) is 2. The molecule has 6 heteroatoms. The van der Waals surface area contributed by atoms with Crippen molar-refractivity contribution >= 4 is 17.6 Å². The first kappa shape index (κ1) is 19.4. The predicted molar refractivity (Wildman–Crippen MR) is 96.9 cm³/mol. The SMILES string of the molecule is CCCCNC(=NCc1cc(Cl)c(OCC)c(OC)c1)NCC. The highest BCUT2D eigenvalue weighted by molar-refractivity contribution is 6.32. The maximum atomic E-state index is 6.29. The van der Waals surface area contributed by atoms with E-state index in [2.05, 4.69) is 22.5 Å². The Balaban J connectivity index is 2.84. The minimum absolute atomic E-state index is 0.518. The molecule has 0 unspecified atom stereocenters. The molecule has 0 atom stereocenters. The van der Waals surface area contributed by atoms with Crippen molar-refractivity contribution in [3.05, 3.63) is 22.7 Å². The molecule has 0 aliphatic heterocycles. The fourth-order valence-corrected chi connectivity index (χ4v) is 2.33. The molecular weight excluding hydrogens is 314 g/mol. The molecule has 2 N–H and O–H groups in total. The largest absolute Gasteiger partial charge is 0.493 e. The highest BCUT2D eigenvalue weighted by atomic mass is 35.5. The van der Waals surface area contributed by atoms with Crippen LogP contribution < -0.4 is 20.1 Å². The van der Waals surface area contributed by atoms with Gasteiger partial charge in [0, 0.05) is 13.1 Å². The Morgan fingerprint density at radius 3 is 2.61 bits per heavy atom. The molecule has 0 saturated carbocycles. The fraction of sp³-hybridized carbons (Fsp3) is 0.588. The predicted octanol–water partition coefficient (Wildman–Crippen LogP) is 3.60. The zero-order chi connectivity index (χ0) is 17.1. The van der Waals surface area contributed by atoms with Gasteiger partial charge in [-0.2, -0.15) is 0 Å². The molecular formula is C17H28ClN3O2. The van der Waals surface area contributed by atoms with Crippen molar-refractivity contribution in [2.75, 3.05) is 26.8 Å². The first-order chi connectivity index (χ1) is 11.2. The molecule has 0 heterocycles. The Kier molecular flexibility index (Phi) is 9.29. The summed E-state index contributed by atoms with van der Waals surface area (Å²) in [6.45, 7) is 8.93. The van der Waals surface area contributed by atoms with Gasteiger partial charge in [0.15, 0.2) is 17.5 Å². The van der Waals surface area contributed by atoms with Crippen LogP contribution in [-0.4, -0.2) is 32.8 Å². The maximum absolute atomic E-state index is 6.29. The Morgan fingerprint density at radius 2 is 2.00 bits per heavy atom. The molecule has 0 aliphatic rings. The summed E-state index contributed by atoms with van der Waals surface area (Å²) < 4.78 is 10.9. The topological polar surface area (TPSA) is 54.9 Å². The lowest BCUT2D eigenvalue weighted by Crippen LogP contribution is -2.37. The number of ether oxygens (including phenoxy) is 2. The third kappa shape index (κ3) is 6.57. The zero-order valence-electron chi connectivity index (χ0n) is 14.5. The molecule has 0 bridgehead atoms. The van der Waals surface area contributed by atoms with Crippen molar-refractivity contribution in [1.82, 2.24) is 10.6 Å². The van der Waals surface area contributed by atoms with Crippen molar-refractivity contribution in [2.24, 2.45) is 4.99 Å². The minimum Gasteiger partial charge on any atom is -0.493 e. The average Bonchev–Trinajstić information content (AvgIpc) is 2.55. The monoisotopic (exact) mass is 341 g/mol. The number of rotatable bonds is 9. The van der Waals surface area contributed by atoms with E-state index < -0.39 is 0 Å². The summed E-state index contributed by atoms with van der Waals surface area (Å²) in [5.41, 5.74) is 0.975. The van der Waals surface area contributed by atoms with Crippen molar-refractivity contribution < 1.29 is 9.47 Å². The average molecular weight is 342 g/mol. The van der Waals surface area contributed by atoms with Crippen LogP contribution in [-0.2, 0) is 6.54 Å². The summed E-state index contributed by atoms with van der Waals surface area (Å²) in [7, 11) is 1.61. The van der Waals surface area contributed by atoms with E-state index in [9.17, 15) is 0 Å². The van der Waals surface area contributed by atoms with Crippen LogP contribution in [0.1, 0.15) is 39.2 Å². The summed E-state index contributed by atoms with van der Waals surface area (Å²) >= 11 is 6.29. The molecule has 0 saturated heterocycles. The summed E-state index contributed by atoms with van der Waals surface area (Å²) in [4.78, 5) is 4.59. The highest BCUT2D eigenvalue weighted by Crippen LogP contribution is 2.36. The summed E-state index contributed by atoms with van der Waals surface area (Å²) in [6, 6.07) is 3.78. The molecule has 0 amide bonds. The molecule has 5 nitrogen and oxygen atoms in total. The summed E-state index contributed by atoms with van der Waals surface area (Å²) in [5.74, 6) is 2.02. The lowest BCUT2D eigenvalue weighted by atomic mass is 10.2. The minimum atomic E-state index is 0.518. The smallest absolute Gasteiger partial charge is 0.191 e. The number of guanidine groups is 1. The number of nitrogens with one attached hydrogen (secondary N) is 2. The van der Waals surface area contributed by atoms with Crippen LogP contribution in [0.3, 0.4) is 0 Å². The first-order valence-electron chi connectivity index (χ1n) is 8.17. The molecule has 0 fully saturated rings. The fourth-order valence-electron chi connectivity index (χ4n) is 2.04. The van der Waals surface area contributed by atoms with E-state index in [1.54, 1.807) is 7.11 Å². The van der Waals surface area contributed by atoms with E-state index in [1.165, 1.54) is 0 Å². The van der Waals surface area contributed by atoms with Crippen LogP contribution >= 0.6 is 11.6 Å². The second-order valence-electron chi connectivity index (χ2n) is 5.02. The number of benzene rings is 1. The van der Waals surface area contributed by atoms with Gasteiger partial charge in [-0.05, 0) is 38.0 Å². The number of aliphatic imine (C=N–C) groups is 1. The van der Waals surface area contributed by atoms with Gasteiger partial charge in [0.25, 0.3) is 0 Å². The lowest BCUT2D eigenvalue weighted by molar-refractivity contribution is 0.311. The molecule has 1 aromatic carbocycles. The second kappa shape index (κ2) is 11.0. The van der Waals surface area contributed by atoms with Gasteiger partial charge in [0.1, 0.15) is 0 Å². The standard InChI is InChI=1S/C17H28ClN3O2/c1-5-8-9-20-17(19-6-2)21-12-13-10-14(18)16(23-7-3)15(11-13)22-4/h10-11H,5-9,12H2,1-4H3,(H2,19,20,21). The van der Waals surface area contributed by atoms with Gasteiger partial charge in [-0.1, -0.05) is 24.9 Å². The molecule has 0 spiro atoms. The van der Waals surface area contributed by atoms with Gasteiger partial charge in [0.05, 0.1) is 25.3 Å². The Labute approximate surface area is 144 Å². The van der Waals surface area contributed by atoms with E-state index >= 15 is 0 Å². The number of nitrogens with zero attached hydrogens (tertiary/aromatic N) is 1. The van der Waals surface area contributed by atoms with E-state index in [-0.39, 0.29) is 0 Å². The number of methoxy groups -OCH3 is 1. The Morgan fingerprint density at radius 1 is 1.22 bits per heavy atom. The quantitative estimate of drug-likeness (QED) is 0.409. The van der Waals surface area contributed by atoms with E-state index in [0.29, 0.717) is 29.7 Å². The highest BCUT2D eigenvalue weighted by Gasteiger charge is 2.11. The van der Waals surface area contributed by atoms with Crippen molar-refractivity contribution in [3.63, 3.8) is 0 Å². The Bertz CT molecular complexity index is 507. The third-order valence-corrected chi connectivity index (χ3v) is 3.45. The molecule has 0 aromatic heterocycles. The van der Waals surface area contributed by atoms with Gasteiger partial charge < -0.3 is 20.1 Å². The number of halogens is 1. The van der Waals surface area contributed by atoms with E-state index in [0.717, 1.165) is 37.5 Å². The van der Waals surface area contributed by atoms with Crippen molar-refractivity contribution in [3.8, 4) is 11.5 Å². The summed E-state index contributed by atoms with van der Waals surface area (Å²) in [5, 5.41) is 7.10. The van der Waals surface area contributed by atoms with Crippen molar-refractivity contribution in [2.45, 2.75) is 40.2 Å². The van der Waals surface area contributed by atoms with Crippen LogP contribution in [0.15, 0.2) is 17.1 Å². The van der Waals surface area contributed by atoms with Crippen LogP contribution in [0, 0.1) is 0 Å². The van der Waals surface area contributed by atoms with Crippen LogP contribution in [0.25, 0.3) is 0 Å². The molecule has 23 heavy (non-hydrogen) atoms. The maximum Gasteiger partial charge on any atom is 0.191 e.